The Morgan fingerprint density at radius 3 is 2.41 bits per heavy atom. The highest BCUT2D eigenvalue weighted by atomic mass is 32.2. The number of amides is 1. The van der Waals surface area contributed by atoms with Crippen LogP contribution in [0.25, 0.3) is 0 Å². The minimum absolute atomic E-state index is 0.150. The molecule has 3 aromatic carbocycles. The summed E-state index contributed by atoms with van der Waals surface area (Å²) in [4.78, 5) is 13.4. The molecule has 34 heavy (non-hydrogen) atoms. The molecule has 6 nitrogen and oxygen atoms in total. The first-order valence-electron chi connectivity index (χ1n) is 11.4. The number of carbonyl (C=O) groups excluding carboxylic acids is 1. The first-order valence-corrected chi connectivity index (χ1v) is 12.8. The molecular weight excluding hydrogens is 448 g/mol. The van der Waals surface area contributed by atoms with Gasteiger partial charge < -0.3 is 10.1 Å². The Bertz CT molecular complexity index is 1270. The number of benzene rings is 3. The summed E-state index contributed by atoms with van der Waals surface area (Å²) in [6.45, 7) is 3.52. The molecule has 0 spiro atoms. The first-order chi connectivity index (χ1) is 16.3. The third-order valence-electron chi connectivity index (χ3n) is 6.11. The van der Waals surface area contributed by atoms with Gasteiger partial charge in [-0.15, -0.1) is 0 Å². The van der Waals surface area contributed by atoms with Crippen LogP contribution in [0.15, 0.2) is 71.6 Å². The second kappa shape index (κ2) is 9.89. The Kier molecular flexibility index (Phi) is 6.93. The summed E-state index contributed by atoms with van der Waals surface area (Å²) in [6, 6.07) is 19.5. The maximum absolute atomic E-state index is 13.6. The van der Waals surface area contributed by atoms with Crippen LogP contribution in [0.4, 0.5) is 5.69 Å². The summed E-state index contributed by atoms with van der Waals surface area (Å²) in [7, 11) is -2.30. The summed E-state index contributed by atoms with van der Waals surface area (Å²) in [5, 5.41) is 3.08. The summed E-state index contributed by atoms with van der Waals surface area (Å²) in [6.07, 6.45) is 2.67. The maximum Gasteiger partial charge on any atom is 0.264 e. The number of anilines is 1. The standard InChI is InChI=1S/C27H30N2O4S/c1-19-14-20(2)16-22(15-19)29(34(31,32)24-9-5-4-6-10-24)18-27(30)28-26-11-7-8-21-17-23(33-3)12-13-25(21)26/h4-6,9-10,12-17,26H,7-8,11,18H2,1-3H3,(H,28,30). The number of hydrogen-bond acceptors (Lipinski definition) is 4. The van der Waals surface area contributed by atoms with Crippen molar-refractivity contribution in [2.24, 2.45) is 0 Å². The number of aryl methyl sites for hydroxylation is 3. The van der Waals surface area contributed by atoms with E-state index in [1.165, 1.54) is 4.31 Å². The van der Waals surface area contributed by atoms with Crippen LogP contribution in [0, 0.1) is 13.8 Å². The lowest BCUT2D eigenvalue weighted by molar-refractivity contribution is -0.120. The molecule has 3 aromatic rings. The SMILES string of the molecule is COc1ccc2c(c1)CCCC2NC(=O)CN(c1cc(C)cc(C)c1)S(=O)(=O)c1ccccc1. The zero-order valence-electron chi connectivity index (χ0n) is 19.7. The van der Waals surface area contributed by atoms with Gasteiger partial charge in [-0.3, -0.25) is 9.10 Å². The molecule has 0 aliphatic heterocycles. The normalized spacial score (nSPS) is 15.3. The highest BCUT2D eigenvalue weighted by Crippen LogP contribution is 2.32. The fourth-order valence-electron chi connectivity index (χ4n) is 4.57. The maximum atomic E-state index is 13.6. The van der Waals surface area contributed by atoms with E-state index in [0.717, 1.165) is 47.3 Å². The van der Waals surface area contributed by atoms with E-state index in [-0.39, 0.29) is 23.4 Å². The largest absolute Gasteiger partial charge is 0.497 e. The zero-order chi connectivity index (χ0) is 24.3. The van der Waals surface area contributed by atoms with Crippen LogP contribution in [0.3, 0.4) is 0 Å². The van der Waals surface area contributed by atoms with Crippen LogP contribution in [0.1, 0.15) is 41.1 Å². The van der Waals surface area contributed by atoms with Gasteiger partial charge in [-0.1, -0.05) is 30.3 Å². The van der Waals surface area contributed by atoms with Gasteiger partial charge in [-0.2, -0.15) is 0 Å². The van der Waals surface area contributed by atoms with Gasteiger partial charge in [0.1, 0.15) is 12.3 Å². The number of fused-ring (bicyclic) bond motifs is 1. The molecule has 0 bridgehead atoms. The molecule has 1 unspecified atom stereocenters. The van der Waals surface area contributed by atoms with E-state index in [2.05, 4.69) is 5.32 Å². The van der Waals surface area contributed by atoms with Crippen molar-refractivity contribution in [1.29, 1.82) is 0 Å². The molecular formula is C27H30N2O4S. The van der Waals surface area contributed by atoms with Crippen molar-refractivity contribution in [3.8, 4) is 5.75 Å². The Labute approximate surface area is 201 Å². The van der Waals surface area contributed by atoms with Crippen LogP contribution in [0.2, 0.25) is 0 Å². The van der Waals surface area contributed by atoms with E-state index in [9.17, 15) is 13.2 Å². The molecule has 1 aliphatic rings. The van der Waals surface area contributed by atoms with E-state index in [0.29, 0.717) is 5.69 Å². The van der Waals surface area contributed by atoms with Gasteiger partial charge in [0.25, 0.3) is 10.0 Å². The van der Waals surface area contributed by atoms with Crippen LogP contribution in [-0.4, -0.2) is 28.0 Å². The molecule has 178 valence electrons. The summed E-state index contributed by atoms with van der Waals surface area (Å²) < 4.78 is 33.7. The average molecular weight is 479 g/mol. The van der Waals surface area contributed by atoms with Crippen molar-refractivity contribution < 1.29 is 17.9 Å². The third-order valence-corrected chi connectivity index (χ3v) is 7.90. The summed E-state index contributed by atoms with van der Waals surface area (Å²) in [5.41, 5.74) is 4.55. The zero-order valence-corrected chi connectivity index (χ0v) is 20.6. The lowest BCUT2D eigenvalue weighted by atomic mass is 9.87. The van der Waals surface area contributed by atoms with Gasteiger partial charge in [0, 0.05) is 0 Å². The topological polar surface area (TPSA) is 75.7 Å². The number of nitrogens with one attached hydrogen (secondary N) is 1. The highest BCUT2D eigenvalue weighted by molar-refractivity contribution is 7.92. The van der Waals surface area contributed by atoms with E-state index < -0.39 is 10.0 Å². The number of hydrogen-bond donors (Lipinski definition) is 1. The predicted octanol–water partition coefficient (Wildman–Crippen LogP) is 4.70. The number of rotatable bonds is 7. The highest BCUT2D eigenvalue weighted by Gasteiger charge is 2.29. The van der Waals surface area contributed by atoms with Crippen LogP contribution < -0.4 is 14.4 Å². The molecule has 7 heteroatoms. The minimum atomic E-state index is -3.94. The number of carbonyl (C=O) groups is 1. The van der Waals surface area contributed by atoms with Crippen LogP contribution in [-0.2, 0) is 21.2 Å². The molecule has 0 heterocycles. The van der Waals surface area contributed by atoms with E-state index >= 15 is 0 Å². The van der Waals surface area contributed by atoms with E-state index in [1.54, 1.807) is 49.6 Å². The van der Waals surface area contributed by atoms with Gasteiger partial charge in [0.15, 0.2) is 0 Å². The Morgan fingerprint density at radius 1 is 1.03 bits per heavy atom. The molecule has 0 aromatic heterocycles. The lowest BCUT2D eigenvalue weighted by Crippen LogP contribution is -2.42. The molecule has 0 fully saturated rings. The van der Waals surface area contributed by atoms with E-state index in [1.807, 2.05) is 38.1 Å². The molecule has 1 aliphatic carbocycles. The fourth-order valence-corrected chi connectivity index (χ4v) is 5.99. The number of sulfonamides is 1. The predicted molar refractivity (Wildman–Crippen MR) is 134 cm³/mol. The quantitative estimate of drug-likeness (QED) is 0.534. The molecule has 1 atom stereocenters. The van der Waals surface area contributed by atoms with Crippen molar-refractivity contribution in [2.45, 2.75) is 44.0 Å². The second-order valence-electron chi connectivity index (χ2n) is 8.75. The molecule has 1 N–H and O–H groups in total. The van der Waals surface area contributed by atoms with Crippen molar-refractivity contribution in [2.75, 3.05) is 18.0 Å². The molecule has 4 rings (SSSR count). The van der Waals surface area contributed by atoms with Gasteiger partial charge >= 0.3 is 0 Å². The van der Waals surface area contributed by atoms with Gasteiger partial charge in [0.05, 0.1) is 23.7 Å². The number of ether oxygens (including phenoxy) is 1. The monoisotopic (exact) mass is 478 g/mol. The average Bonchev–Trinajstić information content (AvgIpc) is 2.82. The minimum Gasteiger partial charge on any atom is -0.497 e. The number of methoxy groups -OCH3 is 1. The molecule has 1 amide bonds. The van der Waals surface area contributed by atoms with E-state index in [4.69, 9.17) is 4.74 Å². The van der Waals surface area contributed by atoms with Crippen molar-refractivity contribution in [3.63, 3.8) is 0 Å². The van der Waals surface area contributed by atoms with Crippen LogP contribution in [0.5, 0.6) is 5.75 Å². The van der Waals surface area contributed by atoms with Gasteiger partial charge in [-0.05, 0) is 91.8 Å². The first kappa shape index (κ1) is 23.8. The van der Waals surface area contributed by atoms with Crippen molar-refractivity contribution in [3.05, 3.63) is 89.0 Å². The summed E-state index contributed by atoms with van der Waals surface area (Å²) in [5.74, 6) is 0.452. The Morgan fingerprint density at radius 2 is 1.74 bits per heavy atom. The molecule has 0 radical (unpaired) electrons. The molecule has 0 saturated carbocycles. The van der Waals surface area contributed by atoms with Gasteiger partial charge in [0.2, 0.25) is 5.91 Å². The Hall–Kier alpha value is -3.32. The van der Waals surface area contributed by atoms with Gasteiger partial charge in [-0.25, -0.2) is 8.42 Å². The smallest absolute Gasteiger partial charge is 0.264 e. The van der Waals surface area contributed by atoms with Crippen molar-refractivity contribution in [1.82, 2.24) is 5.32 Å². The second-order valence-corrected chi connectivity index (χ2v) is 10.6. The van der Waals surface area contributed by atoms with Crippen LogP contribution >= 0.6 is 0 Å². The summed E-state index contributed by atoms with van der Waals surface area (Å²) >= 11 is 0. The number of nitrogens with zero attached hydrogens (tertiary/aromatic N) is 1. The lowest BCUT2D eigenvalue weighted by Gasteiger charge is -2.29. The molecule has 0 saturated heterocycles. The third kappa shape index (κ3) is 5.09. The Balaban J connectivity index is 1.63. The van der Waals surface area contributed by atoms with Crippen molar-refractivity contribution >= 4 is 21.6 Å². The fraction of sp³-hybridized carbons (Fsp3) is 0.296.